The molecule has 0 aliphatic heterocycles. The van der Waals surface area contributed by atoms with Crippen LogP contribution in [0.15, 0.2) is 25.8 Å². The number of carbonyl (C=O) groups is 1. The van der Waals surface area contributed by atoms with Crippen LogP contribution in [0, 0.1) is 0 Å². The highest BCUT2D eigenvalue weighted by Gasteiger charge is 2.14. The number of hydrogen-bond acceptors (Lipinski definition) is 4. The zero-order chi connectivity index (χ0) is 11.7. The number of H-pyrrole nitrogens is 1. The summed E-state index contributed by atoms with van der Waals surface area (Å²) in [7, 11) is 0. The van der Waals surface area contributed by atoms with Crippen LogP contribution in [0.4, 0.5) is 0 Å². The SMILES string of the molecule is CCOC(=O)c1cc2[nH]c(=O)oc2cc1Br. The van der Waals surface area contributed by atoms with Crippen molar-refractivity contribution in [1.29, 1.82) is 0 Å². The molecule has 0 unspecified atom stereocenters. The lowest BCUT2D eigenvalue weighted by Crippen LogP contribution is -2.05. The number of ether oxygens (including phenoxy) is 1. The zero-order valence-corrected chi connectivity index (χ0v) is 9.96. The molecule has 5 nitrogen and oxygen atoms in total. The van der Waals surface area contributed by atoms with Gasteiger partial charge in [-0.05, 0) is 35.0 Å². The lowest BCUT2D eigenvalue weighted by atomic mass is 10.2. The van der Waals surface area contributed by atoms with Crippen LogP contribution in [0.5, 0.6) is 0 Å². The molecule has 0 aliphatic carbocycles. The molecule has 0 radical (unpaired) electrons. The van der Waals surface area contributed by atoms with E-state index in [1.807, 2.05) is 0 Å². The van der Waals surface area contributed by atoms with Crippen LogP contribution >= 0.6 is 15.9 Å². The second-order valence-electron chi connectivity index (χ2n) is 3.06. The van der Waals surface area contributed by atoms with Crippen LogP contribution in [0.3, 0.4) is 0 Å². The second-order valence-corrected chi connectivity index (χ2v) is 3.92. The summed E-state index contributed by atoms with van der Waals surface area (Å²) >= 11 is 3.22. The fourth-order valence-corrected chi connectivity index (χ4v) is 1.82. The molecule has 1 heterocycles. The first-order chi connectivity index (χ1) is 7.61. The number of rotatable bonds is 2. The number of hydrogen-bond donors (Lipinski definition) is 1. The largest absolute Gasteiger partial charge is 0.462 e. The van der Waals surface area contributed by atoms with Crippen molar-refractivity contribution in [3.63, 3.8) is 0 Å². The predicted octanol–water partition coefficient (Wildman–Crippen LogP) is 2.06. The molecule has 0 aliphatic rings. The molecule has 16 heavy (non-hydrogen) atoms. The van der Waals surface area contributed by atoms with Crippen molar-refractivity contribution >= 4 is 33.0 Å². The van der Waals surface area contributed by atoms with E-state index in [4.69, 9.17) is 9.15 Å². The Bertz CT molecular complexity index is 598. The highest BCUT2D eigenvalue weighted by molar-refractivity contribution is 9.10. The fraction of sp³-hybridized carbons (Fsp3) is 0.200. The van der Waals surface area contributed by atoms with Gasteiger partial charge in [0.25, 0.3) is 0 Å². The van der Waals surface area contributed by atoms with Gasteiger partial charge >= 0.3 is 11.7 Å². The molecule has 0 atom stereocenters. The van der Waals surface area contributed by atoms with E-state index in [-0.39, 0.29) is 0 Å². The van der Waals surface area contributed by atoms with Crippen LogP contribution in [-0.4, -0.2) is 17.6 Å². The van der Waals surface area contributed by atoms with Crippen LogP contribution in [0.25, 0.3) is 11.1 Å². The molecule has 6 heteroatoms. The van der Waals surface area contributed by atoms with E-state index in [9.17, 15) is 9.59 Å². The number of aromatic amines is 1. The summed E-state index contributed by atoms with van der Waals surface area (Å²) in [5.41, 5.74) is 1.22. The third-order valence-corrected chi connectivity index (χ3v) is 2.66. The van der Waals surface area contributed by atoms with Gasteiger partial charge in [-0.2, -0.15) is 0 Å². The molecule has 0 saturated heterocycles. The quantitative estimate of drug-likeness (QED) is 0.858. The Kier molecular flexibility index (Phi) is 2.82. The van der Waals surface area contributed by atoms with E-state index in [0.29, 0.717) is 27.7 Å². The van der Waals surface area contributed by atoms with Crippen molar-refractivity contribution in [3.05, 3.63) is 32.7 Å². The Labute approximate surface area is 98.5 Å². The maximum atomic E-state index is 11.5. The van der Waals surface area contributed by atoms with Gasteiger partial charge in [-0.25, -0.2) is 9.59 Å². The summed E-state index contributed by atoms with van der Waals surface area (Å²) < 4.78 is 10.3. The first-order valence-corrected chi connectivity index (χ1v) is 5.40. The van der Waals surface area contributed by atoms with Gasteiger partial charge in [-0.1, -0.05) is 0 Å². The number of oxazole rings is 1. The minimum atomic E-state index is -0.553. The van der Waals surface area contributed by atoms with Crippen LogP contribution in [0.2, 0.25) is 0 Å². The molecule has 0 spiro atoms. The van der Waals surface area contributed by atoms with E-state index in [1.165, 1.54) is 6.07 Å². The number of esters is 1. The molecule has 1 aromatic carbocycles. The van der Waals surface area contributed by atoms with Gasteiger partial charge in [-0.15, -0.1) is 0 Å². The molecule has 1 aromatic heterocycles. The fourth-order valence-electron chi connectivity index (χ4n) is 1.34. The number of carbonyl (C=O) groups excluding carboxylic acids is 1. The van der Waals surface area contributed by atoms with Crippen molar-refractivity contribution in [3.8, 4) is 0 Å². The molecule has 0 saturated carbocycles. The van der Waals surface area contributed by atoms with Gasteiger partial charge in [0.05, 0.1) is 17.7 Å². The average Bonchev–Trinajstić information content (AvgIpc) is 2.56. The Balaban J connectivity index is 2.57. The number of fused-ring (bicyclic) bond motifs is 1. The van der Waals surface area contributed by atoms with Gasteiger partial charge in [0.15, 0.2) is 5.58 Å². The molecule has 2 aromatic rings. The molecule has 0 fully saturated rings. The molecule has 84 valence electrons. The maximum absolute atomic E-state index is 11.5. The van der Waals surface area contributed by atoms with Crippen LogP contribution < -0.4 is 5.76 Å². The lowest BCUT2D eigenvalue weighted by molar-refractivity contribution is 0.0525. The predicted molar refractivity (Wildman–Crippen MR) is 60.5 cm³/mol. The van der Waals surface area contributed by atoms with E-state index in [1.54, 1.807) is 13.0 Å². The van der Waals surface area contributed by atoms with Gasteiger partial charge in [0.1, 0.15) is 0 Å². The standard InChI is InChI=1S/C10H8BrNO4/c1-2-15-9(13)5-3-7-8(4-6(5)11)16-10(14)12-7/h3-4H,2H2,1H3,(H,12,14). The first-order valence-electron chi connectivity index (χ1n) is 4.61. The maximum Gasteiger partial charge on any atom is 0.417 e. The lowest BCUT2D eigenvalue weighted by Gasteiger charge is -2.03. The summed E-state index contributed by atoms with van der Waals surface area (Å²) in [5.74, 6) is -0.999. The summed E-state index contributed by atoms with van der Waals surface area (Å²) in [4.78, 5) is 25.0. The molecule has 2 rings (SSSR count). The van der Waals surface area contributed by atoms with Crippen molar-refractivity contribution in [1.82, 2.24) is 4.98 Å². The molecule has 1 N–H and O–H groups in total. The van der Waals surface area contributed by atoms with Crippen molar-refractivity contribution < 1.29 is 13.9 Å². The Morgan fingerprint density at radius 2 is 2.31 bits per heavy atom. The van der Waals surface area contributed by atoms with Gasteiger partial charge < -0.3 is 9.15 Å². The van der Waals surface area contributed by atoms with Crippen LogP contribution in [0.1, 0.15) is 17.3 Å². The third-order valence-electron chi connectivity index (χ3n) is 2.00. The molecular weight excluding hydrogens is 278 g/mol. The third kappa shape index (κ3) is 1.88. The highest BCUT2D eigenvalue weighted by Crippen LogP contribution is 2.23. The number of benzene rings is 1. The molecule has 0 amide bonds. The van der Waals surface area contributed by atoms with E-state index < -0.39 is 11.7 Å². The summed E-state index contributed by atoms with van der Waals surface area (Å²) in [6.07, 6.45) is 0. The smallest absolute Gasteiger partial charge is 0.417 e. The van der Waals surface area contributed by atoms with E-state index in [2.05, 4.69) is 20.9 Å². The van der Waals surface area contributed by atoms with Gasteiger partial charge in [0.2, 0.25) is 0 Å². The van der Waals surface area contributed by atoms with Gasteiger partial charge in [0, 0.05) is 4.47 Å². The highest BCUT2D eigenvalue weighted by atomic mass is 79.9. The number of halogens is 1. The Morgan fingerprint density at radius 3 is 3.00 bits per heavy atom. The van der Waals surface area contributed by atoms with E-state index in [0.717, 1.165) is 0 Å². The first kappa shape index (κ1) is 10.9. The second kappa shape index (κ2) is 4.13. The van der Waals surface area contributed by atoms with Crippen molar-refractivity contribution in [2.45, 2.75) is 6.92 Å². The Hall–Kier alpha value is -1.56. The summed E-state index contributed by atoms with van der Waals surface area (Å²) in [6.45, 7) is 2.02. The minimum absolute atomic E-state index is 0.297. The van der Waals surface area contributed by atoms with Gasteiger partial charge in [-0.3, -0.25) is 4.98 Å². The Morgan fingerprint density at radius 1 is 1.56 bits per heavy atom. The zero-order valence-electron chi connectivity index (χ0n) is 8.37. The molecular formula is C10H8BrNO4. The van der Waals surface area contributed by atoms with Crippen molar-refractivity contribution in [2.75, 3.05) is 6.61 Å². The summed E-state index contributed by atoms with van der Waals surface area (Å²) in [6, 6.07) is 3.07. The monoisotopic (exact) mass is 285 g/mol. The topological polar surface area (TPSA) is 72.3 Å². The van der Waals surface area contributed by atoms with Crippen LogP contribution in [-0.2, 0) is 4.74 Å². The normalized spacial score (nSPS) is 10.6. The van der Waals surface area contributed by atoms with Crippen molar-refractivity contribution in [2.24, 2.45) is 0 Å². The average molecular weight is 286 g/mol. The molecule has 0 bridgehead atoms. The minimum Gasteiger partial charge on any atom is -0.462 e. The van der Waals surface area contributed by atoms with E-state index >= 15 is 0 Å². The number of aromatic nitrogens is 1. The number of nitrogens with one attached hydrogen (secondary N) is 1. The summed E-state index contributed by atoms with van der Waals surface area (Å²) in [5, 5.41) is 0.